The van der Waals surface area contributed by atoms with E-state index in [9.17, 15) is 0 Å². The number of hydrogen-bond donors (Lipinski definition) is 0. The van der Waals surface area contributed by atoms with Crippen LogP contribution in [0.1, 0.15) is 20.8 Å². The van der Waals surface area contributed by atoms with Crippen LogP contribution in [0.4, 0.5) is 5.69 Å². The zero-order chi connectivity index (χ0) is 10.6. The van der Waals surface area contributed by atoms with Crippen molar-refractivity contribution in [1.82, 2.24) is 0 Å². The number of rotatable bonds is 1. The van der Waals surface area contributed by atoms with Crippen molar-refractivity contribution in [2.24, 2.45) is 10.4 Å². The maximum absolute atomic E-state index is 7.06. The molecule has 0 amide bonds. The summed E-state index contributed by atoms with van der Waals surface area (Å²) in [5.74, 6) is 0.545. The molecule has 0 N–H and O–H groups in total. The van der Waals surface area contributed by atoms with Crippen molar-refractivity contribution in [3.05, 3.63) is 41.7 Å². The molecular formula is C12H14N2. The highest BCUT2D eigenvalue weighted by molar-refractivity contribution is 5.97. The summed E-state index contributed by atoms with van der Waals surface area (Å²) in [4.78, 5) is 7.77. The molecule has 1 rings (SSSR count). The van der Waals surface area contributed by atoms with Crippen molar-refractivity contribution in [1.29, 1.82) is 0 Å². The minimum Gasteiger partial charge on any atom is -0.364 e. The van der Waals surface area contributed by atoms with E-state index in [0.717, 1.165) is 5.69 Å². The van der Waals surface area contributed by atoms with E-state index in [1.165, 1.54) is 0 Å². The largest absolute Gasteiger partial charge is 0.364 e. The van der Waals surface area contributed by atoms with Gasteiger partial charge in [0.1, 0.15) is 0 Å². The second-order valence-corrected chi connectivity index (χ2v) is 4.13. The summed E-state index contributed by atoms with van der Waals surface area (Å²) in [6.07, 6.45) is 0. The Morgan fingerprint density at radius 2 is 1.79 bits per heavy atom. The average molecular weight is 186 g/mol. The second kappa shape index (κ2) is 4.06. The number of amidine groups is 1. The zero-order valence-corrected chi connectivity index (χ0v) is 8.78. The summed E-state index contributed by atoms with van der Waals surface area (Å²) in [6.45, 7) is 13.0. The summed E-state index contributed by atoms with van der Waals surface area (Å²) in [7, 11) is 0. The van der Waals surface area contributed by atoms with E-state index >= 15 is 0 Å². The lowest BCUT2D eigenvalue weighted by molar-refractivity contribution is 0.594. The highest BCUT2D eigenvalue weighted by Crippen LogP contribution is 2.21. The molecule has 0 bridgehead atoms. The average Bonchev–Trinajstić information content (AvgIpc) is 2.14. The summed E-state index contributed by atoms with van der Waals surface area (Å²) in [6, 6.07) is 9.58. The molecule has 0 radical (unpaired) electrons. The fraction of sp³-hybridized carbons (Fsp3) is 0.333. The molecule has 2 heteroatoms. The van der Waals surface area contributed by atoms with E-state index in [0.29, 0.717) is 5.84 Å². The Labute approximate surface area is 85.1 Å². The molecule has 0 spiro atoms. The molecule has 14 heavy (non-hydrogen) atoms. The molecule has 0 saturated heterocycles. The first-order chi connectivity index (χ1) is 6.54. The Kier molecular flexibility index (Phi) is 3.03. The predicted octanol–water partition coefficient (Wildman–Crippen LogP) is 3.68. The Balaban J connectivity index is 3.04. The van der Waals surface area contributed by atoms with Crippen LogP contribution in [-0.4, -0.2) is 5.84 Å². The third kappa shape index (κ3) is 2.70. The van der Waals surface area contributed by atoms with Crippen LogP contribution in [0.25, 0.3) is 4.85 Å². The van der Waals surface area contributed by atoms with Crippen LogP contribution in [0.5, 0.6) is 0 Å². The summed E-state index contributed by atoms with van der Waals surface area (Å²) in [5.41, 5.74) is 0.658. The van der Waals surface area contributed by atoms with Gasteiger partial charge in [0.25, 0.3) is 5.84 Å². The molecule has 0 aromatic heterocycles. The van der Waals surface area contributed by atoms with Gasteiger partial charge in [0.2, 0.25) is 0 Å². The van der Waals surface area contributed by atoms with Crippen molar-refractivity contribution in [3.8, 4) is 0 Å². The van der Waals surface area contributed by atoms with E-state index in [1.807, 2.05) is 51.1 Å². The van der Waals surface area contributed by atoms with Crippen LogP contribution in [0.15, 0.2) is 35.3 Å². The minimum atomic E-state index is -0.183. The van der Waals surface area contributed by atoms with Gasteiger partial charge in [-0.25, -0.2) is 0 Å². The molecule has 0 unspecified atom stereocenters. The van der Waals surface area contributed by atoms with Gasteiger partial charge in [0.05, 0.1) is 0 Å². The zero-order valence-electron chi connectivity index (χ0n) is 8.78. The van der Waals surface area contributed by atoms with Crippen molar-refractivity contribution in [3.63, 3.8) is 0 Å². The van der Waals surface area contributed by atoms with Crippen molar-refractivity contribution in [2.75, 3.05) is 0 Å². The van der Waals surface area contributed by atoms with Gasteiger partial charge >= 0.3 is 0 Å². The van der Waals surface area contributed by atoms with E-state index < -0.39 is 0 Å². The first-order valence-electron chi connectivity index (χ1n) is 4.56. The van der Waals surface area contributed by atoms with Crippen LogP contribution >= 0.6 is 0 Å². The molecular weight excluding hydrogens is 172 g/mol. The van der Waals surface area contributed by atoms with Gasteiger partial charge in [-0.05, 0) is 12.1 Å². The number of hydrogen-bond acceptors (Lipinski definition) is 1. The monoisotopic (exact) mass is 186 g/mol. The minimum absolute atomic E-state index is 0.183. The van der Waals surface area contributed by atoms with Gasteiger partial charge < -0.3 is 4.85 Å². The lowest BCUT2D eigenvalue weighted by Crippen LogP contribution is -2.16. The van der Waals surface area contributed by atoms with Crippen LogP contribution in [0.3, 0.4) is 0 Å². The van der Waals surface area contributed by atoms with Crippen LogP contribution in [0.2, 0.25) is 0 Å². The van der Waals surface area contributed by atoms with Gasteiger partial charge in [0, 0.05) is 5.41 Å². The number of aliphatic imine (C=N–C) groups is 1. The molecule has 0 heterocycles. The molecule has 0 atom stereocenters. The van der Waals surface area contributed by atoms with Crippen molar-refractivity contribution < 1.29 is 0 Å². The van der Waals surface area contributed by atoms with Crippen molar-refractivity contribution in [2.45, 2.75) is 20.8 Å². The van der Waals surface area contributed by atoms with Gasteiger partial charge in [-0.15, -0.1) is 4.99 Å². The Morgan fingerprint density at radius 3 is 2.21 bits per heavy atom. The molecule has 2 nitrogen and oxygen atoms in total. The maximum atomic E-state index is 7.06. The van der Waals surface area contributed by atoms with Gasteiger partial charge in [-0.1, -0.05) is 45.5 Å². The maximum Gasteiger partial charge on any atom is 0.252 e. The van der Waals surface area contributed by atoms with E-state index in [-0.39, 0.29) is 5.41 Å². The quantitative estimate of drug-likeness (QED) is 0.361. The predicted molar refractivity (Wildman–Crippen MR) is 59.6 cm³/mol. The third-order valence-corrected chi connectivity index (χ3v) is 1.77. The Morgan fingerprint density at radius 1 is 1.21 bits per heavy atom. The Hall–Kier alpha value is -1.62. The van der Waals surface area contributed by atoms with Gasteiger partial charge in [0.15, 0.2) is 5.69 Å². The standard InChI is InChI=1S/C12H14N2/c1-12(2,3)11(13-4)14-10-8-6-5-7-9-10/h5-9H,1-3H3. The van der Waals surface area contributed by atoms with E-state index in [1.54, 1.807) is 0 Å². The highest BCUT2D eigenvalue weighted by Gasteiger charge is 2.19. The lowest BCUT2D eigenvalue weighted by Gasteiger charge is -2.14. The molecule has 1 aromatic rings. The van der Waals surface area contributed by atoms with Crippen LogP contribution in [-0.2, 0) is 0 Å². The molecule has 0 aliphatic heterocycles. The van der Waals surface area contributed by atoms with Gasteiger partial charge in [-0.3, -0.25) is 0 Å². The van der Waals surface area contributed by atoms with Crippen LogP contribution in [0, 0.1) is 12.0 Å². The second-order valence-electron chi connectivity index (χ2n) is 4.13. The van der Waals surface area contributed by atoms with Crippen LogP contribution < -0.4 is 0 Å². The molecule has 1 aromatic carbocycles. The lowest BCUT2D eigenvalue weighted by atomic mass is 9.95. The molecule has 0 aliphatic carbocycles. The van der Waals surface area contributed by atoms with E-state index in [2.05, 4.69) is 9.84 Å². The molecule has 0 fully saturated rings. The number of para-hydroxylation sites is 1. The fourth-order valence-electron chi connectivity index (χ4n) is 0.985. The first kappa shape index (κ1) is 10.5. The number of nitrogens with zero attached hydrogens (tertiary/aromatic N) is 2. The smallest absolute Gasteiger partial charge is 0.252 e. The Bertz CT molecular complexity index is 364. The number of benzene rings is 1. The summed E-state index contributed by atoms with van der Waals surface area (Å²) in [5, 5.41) is 0. The van der Waals surface area contributed by atoms with Gasteiger partial charge in [-0.2, -0.15) is 0 Å². The normalized spacial score (nSPS) is 12.3. The molecule has 0 aliphatic rings. The molecule has 0 saturated carbocycles. The van der Waals surface area contributed by atoms with Crippen molar-refractivity contribution >= 4 is 11.5 Å². The third-order valence-electron chi connectivity index (χ3n) is 1.77. The topological polar surface area (TPSA) is 16.7 Å². The summed E-state index contributed by atoms with van der Waals surface area (Å²) >= 11 is 0. The summed E-state index contributed by atoms with van der Waals surface area (Å²) < 4.78 is 0. The molecule has 72 valence electrons. The SMILES string of the molecule is [C-]#[N+]C(=Nc1ccccc1)C(C)(C)C. The van der Waals surface area contributed by atoms with E-state index in [4.69, 9.17) is 6.57 Å². The first-order valence-corrected chi connectivity index (χ1v) is 4.56. The fourth-order valence-corrected chi connectivity index (χ4v) is 0.985. The highest BCUT2D eigenvalue weighted by atomic mass is 14.9.